The molecular weight excluding hydrogens is 172 g/mol. The Morgan fingerprint density at radius 2 is 1.50 bits per heavy atom. The highest BCUT2D eigenvalue weighted by Gasteiger charge is 1.94. The van der Waals surface area contributed by atoms with E-state index in [0.717, 1.165) is 10.8 Å². The Morgan fingerprint density at radius 3 is 2.14 bits per heavy atom. The van der Waals surface area contributed by atoms with Gasteiger partial charge in [0.15, 0.2) is 0 Å². The van der Waals surface area contributed by atoms with Crippen molar-refractivity contribution in [3.8, 4) is 5.75 Å². The van der Waals surface area contributed by atoms with E-state index in [2.05, 4.69) is 13.8 Å². The highest BCUT2D eigenvalue weighted by atomic mass is 16.3. The van der Waals surface area contributed by atoms with Crippen LogP contribution in [-0.4, -0.2) is 5.11 Å². The first kappa shape index (κ1) is 10.6. The van der Waals surface area contributed by atoms with Crippen molar-refractivity contribution < 1.29 is 5.11 Å². The summed E-state index contributed by atoms with van der Waals surface area (Å²) in [6, 6.07) is 13.3. The number of benzene rings is 2. The van der Waals surface area contributed by atoms with E-state index in [1.807, 2.05) is 36.4 Å². The highest BCUT2D eigenvalue weighted by molar-refractivity contribution is 5.87. The van der Waals surface area contributed by atoms with Crippen molar-refractivity contribution in [1.29, 1.82) is 0 Å². The molecule has 0 fully saturated rings. The number of aromatic hydroxyl groups is 1. The summed E-state index contributed by atoms with van der Waals surface area (Å²) in [6.07, 6.45) is 1.25. The van der Waals surface area contributed by atoms with Crippen molar-refractivity contribution in [2.75, 3.05) is 0 Å². The molecule has 0 aliphatic carbocycles. The van der Waals surface area contributed by atoms with Gasteiger partial charge in [0, 0.05) is 5.39 Å². The highest BCUT2D eigenvalue weighted by Crippen LogP contribution is 2.22. The zero-order chi connectivity index (χ0) is 10.4. The number of fused-ring (bicyclic) bond motifs is 1. The maximum absolute atomic E-state index is 9.37. The summed E-state index contributed by atoms with van der Waals surface area (Å²) in [7, 11) is 0. The molecule has 0 saturated heterocycles. The first-order valence-electron chi connectivity index (χ1n) is 4.96. The van der Waals surface area contributed by atoms with E-state index >= 15 is 0 Å². The molecular formula is C13H16O. The molecule has 0 aromatic heterocycles. The van der Waals surface area contributed by atoms with Crippen LogP contribution in [0.1, 0.15) is 20.3 Å². The van der Waals surface area contributed by atoms with Crippen LogP contribution in [0.2, 0.25) is 0 Å². The Bertz CT molecular complexity index is 388. The van der Waals surface area contributed by atoms with Crippen LogP contribution in [0.4, 0.5) is 0 Å². The van der Waals surface area contributed by atoms with Crippen LogP contribution in [-0.2, 0) is 0 Å². The molecule has 0 saturated carbocycles. The topological polar surface area (TPSA) is 20.2 Å². The van der Waals surface area contributed by atoms with Crippen molar-refractivity contribution in [2.45, 2.75) is 20.3 Å². The lowest BCUT2D eigenvalue weighted by Gasteiger charge is -1.97. The third kappa shape index (κ3) is 2.49. The molecule has 2 rings (SSSR count). The Kier molecular flexibility index (Phi) is 3.99. The van der Waals surface area contributed by atoms with Gasteiger partial charge in [0.1, 0.15) is 5.75 Å². The number of phenols is 1. The largest absolute Gasteiger partial charge is 0.507 e. The third-order valence-electron chi connectivity index (χ3n) is 1.77. The molecule has 1 heteroatoms. The third-order valence-corrected chi connectivity index (χ3v) is 1.77. The van der Waals surface area contributed by atoms with Gasteiger partial charge in [0.2, 0.25) is 0 Å². The van der Waals surface area contributed by atoms with Crippen LogP contribution < -0.4 is 0 Å². The lowest BCUT2D eigenvalue weighted by molar-refractivity contribution is 0.481. The van der Waals surface area contributed by atoms with E-state index in [1.165, 1.54) is 6.42 Å². The molecule has 0 heterocycles. The number of phenolic OH excluding ortho intramolecular Hbond substituents is 1. The Labute approximate surface area is 85.0 Å². The molecule has 0 spiro atoms. The second kappa shape index (κ2) is 5.28. The molecule has 0 radical (unpaired) electrons. The van der Waals surface area contributed by atoms with Crippen LogP contribution in [0.25, 0.3) is 10.8 Å². The van der Waals surface area contributed by atoms with E-state index < -0.39 is 0 Å². The van der Waals surface area contributed by atoms with Gasteiger partial charge in [-0.15, -0.1) is 0 Å². The predicted octanol–water partition coefficient (Wildman–Crippen LogP) is 3.96. The minimum Gasteiger partial charge on any atom is -0.507 e. The molecule has 0 aliphatic heterocycles. The molecule has 74 valence electrons. The summed E-state index contributed by atoms with van der Waals surface area (Å²) >= 11 is 0. The van der Waals surface area contributed by atoms with Gasteiger partial charge in [-0.3, -0.25) is 0 Å². The summed E-state index contributed by atoms with van der Waals surface area (Å²) in [6.45, 7) is 4.25. The smallest absolute Gasteiger partial charge is 0.123 e. The van der Waals surface area contributed by atoms with Crippen LogP contribution in [0, 0.1) is 0 Å². The fourth-order valence-electron chi connectivity index (χ4n) is 1.21. The second-order valence-electron chi connectivity index (χ2n) is 3.21. The molecule has 0 amide bonds. The van der Waals surface area contributed by atoms with Gasteiger partial charge in [-0.05, 0) is 11.5 Å². The number of hydrogen-bond donors (Lipinski definition) is 1. The van der Waals surface area contributed by atoms with Gasteiger partial charge < -0.3 is 5.11 Å². The second-order valence-corrected chi connectivity index (χ2v) is 3.21. The van der Waals surface area contributed by atoms with Crippen molar-refractivity contribution in [3.63, 3.8) is 0 Å². The lowest BCUT2D eigenvalue weighted by Crippen LogP contribution is -1.70. The van der Waals surface area contributed by atoms with Crippen molar-refractivity contribution in [1.82, 2.24) is 0 Å². The summed E-state index contributed by atoms with van der Waals surface area (Å²) < 4.78 is 0. The monoisotopic (exact) mass is 188 g/mol. The lowest BCUT2D eigenvalue weighted by atomic mass is 10.1. The van der Waals surface area contributed by atoms with Crippen molar-refractivity contribution in [3.05, 3.63) is 42.5 Å². The maximum atomic E-state index is 9.37. The number of hydrogen-bond acceptors (Lipinski definition) is 1. The van der Waals surface area contributed by atoms with Crippen molar-refractivity contribution >= 4 is 10.8 Å². The van der Waals surface area contributed by atoms with E-state index in [1.54, 1.807) is 6.07 Å². The van der Waals surface area contributed by atoms with E-state index in [0.29, 0.717) is 5.75 Å². The first-order valence-corrected chi connectivity index (χ1v) is 4.96. The van der Waals surface area contributed by atoms with Gasteiger partial charge in [-0.2, -0.15) is 0 Å². The fraction of sp³-hybridized carbons (Fsp3) is 0.231. The first-order chi connectivity index (χ1) is 6.79. The Balaban J connectivity index is 0.000000293. The van der Waals surface area contributed by atoms with Crippen LogP contribution >= 0.6 is 0 Å². The molecule has 14 heavy (non-hydrogen) atoms. The Hall–Kier alpha value is -1.50. The molecule has 2 aromatic rings. The van der Waals surface area contributed by atoms with Gasteiger partial charge in [-0.25, -0.2) is 0 Å². The van der Waals surface area contributed by atoms with E-state index in [4.69, 9.17) is 0 Å². The standard InChI is InChI=1S/C10H8O.C3H8/c11-10-7-3-5-8-4-1-2-6-9(8)10;1-3-2/h1-7,11H;3H2,1-2H3. The predicted molar refractivity (Wildman–Crippen MR) is 61.6 cm³/mol. The van der Waals surface area contributed by atoms with Gasteiger partial charge in [0.05, 0.1) is 0 Å². The number of rotatable bonds is 0. The molecule has 1 N–H and O–H groups in total. The zero-order valence-electron chi connectivity index (χ0n) is 8.70. The van der Waals surface area contributed by atoms with Crippen LogP contribution in [0.5, 0.6) is 5.75 Å². The molecule has 0 bridgehead atoms. The molecule has 0 aliphatic rings. The molecule has 1 nitrogen and oxygen atoms in total. The average molecular weight is 188 g/mol. The molecule has 0 unspecified atom stereocenters. The maximum Gasteiger partial charge on any atom is 0.123 e. The minimum atomic E-state index is 0.350. The summed E-state index contributed by atoms with van der Waals surface area (Å²) in [5.41, 5.74) is 0. The quantitative estimate of drug-likeness (QED) is 0.663. The summed E-state index contributed by atoms with van der Waals surface area (Å²) in [5, 5.41) is 11.4. The van der Waals surface area contributed by atoms with Crippen molar-refractivity contribution in [2.24, 2.45) is 0 Å². The summed E-state index contributed by atoms with van der Waals surface area (Å²) in [5.74, 6) is 0.350. The normalized spacial score (nSPS) is 9.29. The van der Waals surface area contributed by atoms with E-state index in [9.17, 15) is 5.11 Å². The molecule has 2 aromatic carbocycles. The van der Waals surface area contributed by atoms with Gasteiger partial charge >= 0.3 is 0 Å². The Morgan fingerprint density at radius 1 is 0.929 bits per heavy atom. The zero-order valence-corrected chi connectivity index (χ0v) is 8.70. The average Bonchev–Trinajstić information content (AvgIpc) is 2.20. The van der Waals surface area contributed by atoms with E-state index in [-0.39, 0.29) is 0 Å². The van der Waals surface area contributed by atoms with Crippen LogP contribution in [0.15, 0.2) is 42.5 Å². The SMILES string of the molecule is CCC.Oc1cccc2ccccc12. The minimum absolute atomic E-state index is 0.350. The molecule has 0 atom stereocenters. The summed E-state index contributed by atoms with van der Waals surface area (Å²) in [4.78, 5) is 0. The van der Waals surface area contributed by atoms with Gasteiger partial charge in [-0.1, -0.05) is 56.7 Å². The fourth-order valence-corrected chi connectivity index (χ4v) is 1.21. The van der Waals surface area contributed by atoms with Gasteiger partial charge in [0.25, 0.3) is 0 Å². The van der Waals surface area contributed by atoms with Crippen LogP contribution in [0.3, 0.4) is 0 Å².